The molecule has 0 unspecified atom stereocenters. The topological polar surface area (TPSA) is 55.4 Å². The molecular weight excluding hydrogens is 345 g/mol. The molecule has 1 amide bonds. The van der Waals surface area contributed by atoms with E-state index in [9.17, 15) is 9.59 Å². The van der Waals surface area contributed by atoms with Crippen LogP contribution in [0.25, 0.3) is 0 Å². The summed E-state index contributed by atoms with van der Waals surface area (Å²) < 4.78 is 5.85. The Morgan fingerprint density at radius 2 is 2.00 bits per heavy atom. The molecular formula is C11H10BrCl2NO3. The van der Waals surface area contributed by atoms with E-state index in [1.54, 1.807) is 18.2 Å². The first kappa shape index (κ1) is 15.3. The number of ether oxygens (including phenoxy) is 1. The van der Waals surface area contributed by atoms with Gasteiger partial charge in [-0.2, -0.15) is 0 Å². The van der Waals surface area contributed by atoms with E-state index in [1.807, 2.05) is 0 Å². The fourth-order valence-electron chi connectivity index (χ4n) is 1.18. The van der Waals surface area contributed by atoms with Gasteiger partial charge in [0.1, 0.15) is 17.5 Å². The van der Waals surface area contributed by atoms with E-state index in [4.69, 9.17) is 27.9 Å². The van der Waals surface area contributed by atoms with E-state index in [0.29, 0.717) is 11.3 Å². The minimum atomic E-state index is -0.552. The first-order valence-electron chi connectivity index (χ1n) is 4.94. The average Bonchev–Trinajstić information content (AvgIpc) is 2.38. The van der Waals surface area contributed by atoms with E-state index in [-0.39, 0.29) is 24.2 Å². The largest absolute Gasteiger partial charge is 0.425 e. The van der Waals surface area contributed by atoms with Crippen LogP contribution in [0.15, 0.2) is 22.7 Å². The Kier molecular flexibility index (Phi) is 6.46. The minimum Gasteiger partial charge on any atom is -0.425 e. The van der Waals surface area contributed by atoms with Crippen LogP contribution in [-0.4, -0.2) is 23.6 Å². The van der Waals surface area contributed by atoms with Gasteiger partial charge in [-0.05, 0) is 18.2 Å². The van der Waals surface area contributed by atoms with Crippen LogP contribution in [-0.2, 0) is 16.1 Å². The molecule has 1 aromatic rings. The summed E-state index contributed by atoms with van der Waals surface area (Å²) in [4.78, 5) is 22.2. The van der Waals surface area contributed by atoms with Gasteiger partial charge in [-0.3, -0.25) is 9.59 Å². The van der Waals surface area contributed by atoms with Crippen molar-refractivity contribution in [2.24, 2.45) is 0 Å². The standard InChI is InChI=1S/C11H10BrCl2NO3/c12-8-1-2-9(18-11(17)5-14)7(3-8)6-15-10(16)4-13/h1-3H,4-6H2,(H,15,16). The second kappa shape index (κ2) is 7.61. The third-order valence-electron chi connectivity index (χ3n) is 1.95. The highest BCUT2D eigenvalue weighted by Gasteiger charge is 2.10. The molecule has 1 rings (SSSR count). The highest BCUT2D eigenvalue weighted by Crippen LogP contribution is 2.23. The smallest absolute Gasteiger partial charge is 0.326 e. The Balaban J connectivity index is 2.82. The fraction of sp³-hybridized carbons (Fsp3) is 0.273. The number of rotatable bonds is 5. The summed E-state index contributed by atoms with van der Waals surface area (Å²) in [6, 6.07) is 5.09. The van der Waals surface area contributed by atoms with Crippen molar-refractivity contribution in [3.05, 3.63) is 28.2 Å². The van der Waals surface area contributed by atoms with Gasteiger partial charge in [-0.25, -0.2) is 0 Å². The van der Waals surface area contributed by atoms with Crippen LogP contribution < -0.4 is 10.1 Å². The number of hydrogen-bond acceptors (Lipinski definition) is 3. The van der Waals surface area contributed by atoms with E-state index in [2.05, 4.69) is 21.2 Å². The normalized spacial score (nSPS) is 9.94. The van der Waals surface area contributed by atoms with Gasteiger partial charge in [0, 0.05) is 16.6 Å². The summed E-state index contributed by atoms with van der Waals surface area (Å²) >= 11 is 14.0. The predicted molar refractivity (Wildman–Crippen MR) is 73.1 cm³/mol. The second-order valence-corrected chi connectivity index (χ2v) is 4.72. The van der Waals surface area contributed by atoms with Crippen LogP contribution in [0.4, 0.5) is 0 Å². The summed E-state index contributed by atoms with van der Waals surface area (Å²) in [6.45, 7) is 0.218. The summed E-state index contributed by atoms with van der Waals surface area (Å²) in [7, 11) is 0. The lowest BCUT2D eigenvalue weighted by Gasteiger charge is -2.10. The molecule has 0 saturated heterocycles. The summed E-state index contributed by atoms with van der Waals surface area (Å²) in [6.07, 6.45) is 0. The number of alkyl halides is 2. The monoisotopic (exact) mass is 353 g/mol. The number of halogens is 3. The van der Waals surface area contributed by atoms with Gasteiger partial charge in [0.05, 0.1) is 0 Å². The zero-order valence-corrected chi connectivity index (χ0v) is 12.3. The molecule has 0 atom stereocenters. The van der Waals surface area contributed by atoms with Crippen LogP contribution in [0.5, 0.6) is 5.75 Å². The highest BCUT2D eigenvalue weighted by atomic mass is 79.9. The molecule has 0 aromatic heterocycles. The molecule has 0 aliphatic carbocycles. The van der Waals surface area contributed by atoms with Crippen molar-refractivity contribution in [1.29, 1.82) is 0 Å². The number of esters is 1. The zero-order valence-electron chi connectivity index (χ0n) is 9.21. The number of nitrogens with one attached hydrogen (secondary N) is 1. The molecule has 7 heteroatoms. The maximum absolute atomic E-state index is 11.1. The molecule has 0 bridgehead atoms. The quantitative estimate of drug-likeness (QED) is 0.502. The van der Waals surface area contributed by atoms with Crippen LogP contribution >= 0.6 is 39.1 Å². The number of carbonyl (C=O) groups is 2. The van der Waals surface area contributed by atoms with Crippen LogP contribution in [0.1, 0.15) is 5.56 Å². The Bertz CT molecular complexity index is 454. The molecule has 0 radical (unpaired) electrons. The van der Waals surface area contributed by atoms with E-state index >= 15 is 0 Å². The van der Waals surface area contributed by atoms with Crippen molar-refractivity contribution in [2.45, 2.75) is 6.54 Å². The zero-order chi connectivity index (χ0) is 13.5. The van der Waals surface area contributed by atoms with E-state index in [1.165, 1.54) is 0 Å². The van der Waals surface area contributed by atoms with Gasteiger partial charge in [-0.1, -0.05) is 15.9 Å². The van der Waals surface area contributed by atoms with Crippen LogP contribution in [0.3, 0.4) is 0 Å². The molecule has 0 saturated carbocycles. The Labute approximate surface area is 123 Å². The summed E-state index contributed by atoms with van der Waals surface area (Å²) in [5, 5.41) is 2.59. The van der Waals surface area contributed by atoms with Gasteiger partial charge in [0.15, 0.2) is 0 Å². The van der Waals surface area contributed by atoms with Crippen LogP contribution in [0.2, 0.25) is 0 Å². The molecule has 18 heavy (non-hydrogen) atoms. The SMILES string of the molecule is O=C(CCl)NCc1cc(Br)ccc1OC(=O)CCl. The number of hydrogen-bond donors (Lipinski definition) is 1. The second-order valence-electron chi connectivity index (χ2n) is 3.27. The average molecular weight is 355 g/mol. The van der Waals surface area contributed by atoms with Gasteiger partial charge >= 0.3 is 5.97 Å². The van der Waals surface area contributed by atoms with Gasteiger partial charge in [0.25, 0.3) is 0 Å². The third-order valence-corrected chi connectivity index (χ3v) is 2.91. The summed E-state index contributed by atoms with van der Waals surface area (Å²) in [5.74, 6) is -0.845. The molecule has 0 heterocycles. The maximum Gasteiger partial charge on any atom is 0.326 e. The van der Waals surface area contributed by atoms with Crippen molar-refractivity contribution < 1.29 is 14.3 Å². The van der Waals surface area contributed by atoms with Crippen molar-refractivity contribution in [3.8, 4) is 5.75 Å². The van der Waals surface area contributed by atoms with Crippen LogP contribution in [0, 0.1) is 0 Å². The molecule has 1 aromatic carbocycles. The number of benzene rings is 1. The van der Waals surface area contributed by atoms with E-state index in [0.717, 1.165) is 4.47 Å². The predicted octanol–water partition coefficient (Wildman–Crippen LogP) is 2.45. The van der Waals surface area contributed by atoms with E-state index < -0.39 is 5.97 Å². The third kappa shape index (κ3) is 4.84. The lowest BCUT2D eigenvalue weighted by Crippen LogP contribution is -2.24. The van der Waals surface area contributed by atoms with Gasteiger partial charge in [0.2, 0.25) is 5.91 Å². The first-order chi connectivity index (χ1) is 8.56. The molecule has 0 aliphatic rings. The Hall–Kier alpha value is -0.780. The Morgan fingerprint density at radius 3 is 2.61 bits per heavy atom. The van der Waals surface area contributed by atoms with Gasteiger partial charge in [-0.15, -0.1) is 23.2 Å². The van der Waals surface area contributed by atoms with Crippen molar-refractivity contribution in [3.63, 3.8) is 0 Å². The molecule has 98 valence electrons. The number of amides is 1. The first-order valence-corrected chi connectivity index (χ1v) is 6.80. The lowest BCUT2D eigenvalue weighted by atomic mass is 10.2. The Morgan fingerprint density at radius 1 is 1.28 bits per heavy atom. The molecule has 4 nitrogen and oxygen atoms in total. The molecule has 0 fully saturated rings. The summed E-state index contributed by atoms with van der Waals surface area (Å²) in [5.41, 5.74) is 0.654. The van der Waals surface area contributed by atoms with Crippen molar-refractivity contribution in [1.82, 2.24) is 5.32 Å². The molecule has 0 spiro atoms. The minimum absolute atomic E-state index is 0.120. The maximum atomic E-state index is 11.1. The van der Waals surface area contributed by atoms with Crippen molar-refractivity contribution >= 4 is 51.0 Å². The fourth-order valence-corrected chi connectivity index (χ4v) is 1.73. The highest BCUT2D eigenvalue weighted by molar-refractivity contribution is 9.10. The number of carbonyl (C=O) groups excluding carboxylic acids is 2. The molecule has 0 aliphatic heterocycles. The molecule has 1 N–H and O–H groups in total. The van der Waals surface area contributed by atoms with Crippen molar-refractivity contribution in [2.75, 3.05) is 11.8 Å². The van der Waals surface area contributed by atoms with Gasteiger partial charge < -0.3 is 10.1 Å². The lowest BCUT2D eigenvalue weighted by molar-refractivity contribution is -0.131.